The number of piperidine rings is 4. The number of non-ortho nitro benzene ring substituents is 2. The Balaban J connectivity index is 0.000000154. The summed E-state index contributed by atoms with van der Waals surface area (Å²) in [5, 5.41) is 21.7. The lowest BCUT2D eigenvalue weighted by atomic mass is 10.0. The van der Waals surface area contributed by atoms with Gasteiger partial charge >= 0.3 is 19.1 Å². The smallest absolute Gasteiger partial charge is 0.406 e. The topological polar surface area (TPSA) is 450 Å². The second-order valence-corrected chi connectivity index (χ2v) is 46.6. The van der Waals surface area contributed by atoms with E-state index < -0.39 is 171 Å². The summed E-state index contributed by atoms with van der Waals surface area (Å²) in [6.07, 6.45) is -14.5. The highest BCUT2D eigenvalue weighted by atomic mass is 32.2. The van der Waals surface area contributed by atoms with Crippen molar-refractivity contribution < 1.29 is 159 Å². The lowest BCUT2D eigenvalue weighted by Crippen LogP contribution is -2.55. The summed E-state index contributed by atoms with van der Waals surface area (Å²) in [5.74, 6) is -3.06. The fourth-order valence-electron chi connectivity index (χ4n) is 16.6. The van der Waals surface area contributed by atoms with Gasteiger partial charge in [-0.3, -0.25) is 20.2 Å². The minimum atomic E-state index is -5.03. The van der Waals surface area contributed by atoms with Gasteiger partial charge in [-0.25, -0.2) is 76.1 Å². The predicted octanol–water partition coefficient (Wildman–Crippen LogP) is 10.7. The maximum absolute atomic E-state index is 13.3. The van der Waals surface area contributed by atoms with E-state index in [1.807, 2.05) is 6.92 Å². The molecule has 0 bridgehead atoms. The van der Waals surface area contributed by atoms with Crippen molar-refractivity contribution in [1.29, 1.82) is 0 Å². The van der Waals surface area contributed by atoms with Crippen LogP contribution in [0.3, 0.4) is 0 Å². The van der Waals surface area contributed by atoms with E-state index in [0.717, 1.165) is 160 Å². The predicted molar refractivity (Wildman–Crippen MR) is 452 cm³/mol. The molecular formula is C80H83F11N10O27S8. The number of nitro groups is 2. The van der Waals surface area contributed by atoms with Crippen molar-refractivity contribution in [3.63, 3.8) is 0 Å². The fourth-order valence-corrected chi connectivity index (χ4v) is 29.3. The van der Waals surface area contributed by atoms with E-state index in [0.29, 0.717) is 0 Å². The van der Waals surface area contributed by atoms with Crippen LogP contribution in [0, 0.1) is 38.8 Å². The van der Waals surface area contributed by atoms with E-state index in [1.165, 1.54) is 62.2 Å². The van der Waals surface area contributed by atoms with Crippen LogP contribution < -0.4 is 14.2 Å². The number of nitro benzene ring substituents is 2. The molecule has 0 aromatic heterocycles. The number of aryl methyl sites for hydroxylation is 1. The van der Waals surface area contributed by atoms with Crippen LogP contribution in [0.25, 0.3) is 0 Å². The molecule has 740 valence electrons. The van der Waals surface area contributed by atoms with E-state index in [4.69, 9.17) is 18.9 Å². The second-order valence-electron chi connectivity index (χ2n) is 31.4. The monoisotopic (exact) mass is 2080 g/mol. The third-order valence-corrected chi connectivity index (χ3v) is 38.7. The standard InChI is InChI=1S/C21H20F6N2O7S2.C21H23F3N2O6S2.C19H20F2N2O5S2.C19H20N4O9S2/c22-20(23,24)35-15-3-1-5-17(13-15)37(30,31)28-9-7-19(8-10-28)29(11-12-34-19)38(32,33)18-6-2-4-16(14-18)36-21(25,26)27;1-16-2-6-19(7-3-16)34(29,30)26-14-15-31-20(26)10-12-25(13-11-20)33(27,28)18-8-4-17(5-9-18)32-21(22,23)24;20-15-1-5-17(6-2-15)29(24,25)22-11-9-19(10-12-22)23(13-14-28-19)30(26,27)18-7-3-16(21)4-8-18;24-22(25)15-1-5-17(6-2-15)33(28,29)20-11-9-19(10-12-20)21(13-14-32-19)34(30,31)18-7-3-16(4-8-18)23(26)27/h1-6,13-14H,7-12H2;2-9H,10-15H2,1H3;1-8H,9-14H2;1-8H,9-14H2. The summed E-state index contributed by atoms with van der Waals surface area (Å²) in [7, 11) is -32.3. The van der Waals surface area contributed by atoms with Crippen LogP contribution in [-0.4, -0.2) is 259 Å². The lowest BCUT2D eigenvalue weighted by Gasteiger charge is -2.42. The Morgan fingerprint density at radius 3 is 0.757 bits per heavy atom. The van der Waals surface area contributed by atoms with Crippen LogP contribution in [0.2, 0.25) is 0 Å². The highest BCUT2D eigenvalue weighted by molar-refractivity contribution is 7.91. The van der Waals surface area contributed by atoms with Gasteiger partial charge in [-0.05, 0) is 140 Å². The molecule has 0 N–H and O–H groups in total. The molecule has 0 aliphatic carbocycles. The number of rotatable bonds is 21. The van der Waals surface area contributed by atoms with Crippen molar-refractivity contribution in [3.05, 3.63) is 232 Å². The second kappa shape index (κ2) is 39.5. The van der Waals surface area contributed by atoms with Gasteiger partial charge in [-0.15, -0.1) is 39.5 Å². The van der Waals surface area contributed by atoms with E-state index in [1.54, 1.807) is 12.1 Å². The number of benzene rings is 8. The van der Waals surface area contributed by atoms with Crippen molar-refractivity contribution in [2.24, 2.45) is 0 Å². The SMILES string of the molecule is Cc1ccc(S(=O)(=O)N2CCOC23CCN(S(=O)(=O)c2ccc(OC(F)(F)F)cc2)CC3)cc1.O=S(=O)(c1ccc(F)cc1)N1CCC2(CC1)OCCN2S(=O)(=O)c1ccc(F)cc1.O=S(=O)(c1cccc(OC(F)(F)F)c1)N1CCC2(CC1)OCCN2S(=O)(=O)c1cccc(OC(F)(F)F)c1.O=[N+]([O-])c1ccc(S(=O)(=O)N2CCC3(CC2)OCCN3S(=O)(=O)c2ccc([N+](=O)[O-])cc2)cc1. The van der Waals surface area contributed by atoms with Gasteiger partial charge in [0.1, 0.15) is 51.8 Å². The number of nitrogens with zero attached hydrogens (tertiary/aromatic N) is 10. The van der Waals surface area contributed by atoms with Crippen LogP contribution in [0.5, 0.6) is 17.2 Å². The number of alkyl halides is 9. The zero-order valence-corrected chi connectivity index (χ0v) is 77.4. The molecule has 0 unspecified atom stereocenters. The molecule has 8 aliphatic rings. The van der Waals surface area contributed by atoms with Crippen LogP contribution in [0.4, 0.5) is 59.7 Å². The fraction of sp³-hybridized carbons (Fsp3) is 0.400. The van der Waals surface area contributed by atoms with Crippen molar-refractivity contribution >= 4 is 91.6 Å². The van der Waals surface area contributed by atoms with Crippen LogP contribution in [0.15, 0.2) is 233 Å². The van der Waals surface area contributed by atoms with Gasteiger partial charge in [0.2, 0.25) is 80.2 Å². The van der Waals surface area contributed by atoms with Gasteiger partial charge in [0, 0.05) is 166 Å². The van der Waals surface area contributed by atoms with Crippen molar-refractivity contribution in [1.82, 2.24) is 34.4 Å². The van der Waals surface area contributed by atoms with Gasteiger partial charge < -0.3 is 33.2 Å². The quantitative estimate of drug-likeness (QED) is 0.0366. The molecule has 8 heterocycles. The largest absolute Gasteiger partial charge is 0.573 e. The Kier molecular flexibility index (Phi) is 30.1. The van der Waals surface area contributed by atoms with Crippen molar-refractivity contribution in [2.75, 3.05) is 105 Å². The summed E-state index contributed by atoms with van der Waals surface area (Å²) >= 11 is 0. The zero-order valence-electron chi connectivity index (χ0n) is 70.9. The molecule has 8 aromatic rings. The van der Waals surface area contributed by atoms with E-state index >= 15 is 0 Å². The first-order valence-electron chi connectivity index (χ1n) is 40.8. The van der Waals surface area contributed by atoms with Gasteiger partial charge in [0.05, 0.1) is 75.4 Å². The molecule has 56 heteroatoms. The molecule has 0 radical (unpaired) electrons. The minimum Gasteiger partial charge on any atom is -0.406 e. The maximum Gasteiger partial charge on any atom is 0.573 e. The lowest BCUT2D eigenvalue weighted by molar-refractivity contribution is -0.385. The Morgan fingerprint density at radius 1 is 0.287 bits per heavy atom. The number of halogens is 11. The first-order chi connectivity index (χ1) is 63.5. The molecule has 8 saturated heterocycles. The molecule has 0 amide bonds. The molecule has 37 nitrogen and oxygen atoms in total. The molecule has 8 aliphatic heterocycles. The first kappa shape index (κ1) is 104. The Morgan fingerprint density at radius 2 is 0.500 bits per heavy atom. The summed E-state index contributed by atoms with van der Waals surface area (Å²) in [4.78, 5) is 19.2. The van der Waals surface area contributed by atoms with Crippen molar-refractivity contribution in [2.45, 2.75) is 139 Å². The Hall–Kier alpha value is -9.69. The Bertz CT molecular complexity index is 6690. The zero-order chi connectivity index (χ0) is 99.1. The van der Waals surface area contributed by atoms with Gasteiger partial charge in [-0.1, -0.05) is 29.8 Å². The van der Waals surface area contributed by atoms with E-state index in [2.05, 4.69) is 14.2 Å². The van der Waals surface area contributed by atoms with Gasteiger partial charge in [-0.2, -0.15) is 34.4 Å². The Labute approximate surface area is 773 Å². The molecule has 0 atom stereocenters. The van der Waals surface area contributed by atoms with Crippen molar-refractivity contribution in [3.8, 4) is 17.2 Å². The highest BCUT2D eigenvalue weighted by Crippen LogP contribution is 2.46. The van der Waals surface area contributed by atoms with Gasteiger partial charge in [0.15, 0.2) is 0 Å². The third-order valence-electron chi connectivity index (χ3n) is 23.3. The molecule has 8 fully saturated rings. The summed E-state index contributed by atoms with van der Waals surface area (Å²) < 4.78 is 392. The third kappa shape index (κ3) is 22.6. The molecule has 136 heavy (non-hydrogen) atoms. The van der Waals surface area contributed by atoms with Gasteiger partial charge in [0.25, 0.3) is 11.4 Å². The summed E-state index contributed by atoms with van der Waals surface area (Å²) in [6.45, 7) is 2.09. The van der Waals surface area contributed by atoms with Crippen LogP contribution >= 0.6 is 0 Å². The molecular weight excluding hydrogens is 2000 g/mol. The minimum absolute atomic E-state index is 0.0109. The molecule has 16 rings (SSSR count). The molecule has 0 saturated carbocycles. The maximum atomic E-state index is 13.3. The number of hydrogen-bond acceptors (Lipinski definition) is 27. The average molecular weight is 2080 g/mol. The molecule has 4 spiro atoms. The number of hydrogen-bond donors (Lipinski definition) is 0. The average Bonchev–Trinajstić information content (AvgIpc) is 1.58. The van der Waals surface area contributed by atoms with Crippen LogP contribution in [-0.2, 0) is 99.1 Å². The summed E-state index contributed by atoms with van der Waals surface area (Å²) in [5.41, 5.74) is -4.56. The number of ether oxygens (including phenoxy) is 7. The molecule has 8 aromatic carbocycles. The van der Waals surface area contributed by atoms with E-state index in [9.17, 15) is 136 Å². The first-order valence-corrected chi connectivity index (χ1v) is 52.3. The highest BCUT2D eigenvalue weighted by Gasteiger charge is 2.57. The van der Waals surface area contributed by atoms with Crippen LogP contribution in [0.1, 0.15) is 56.9 Å². The number of sulfonamides is 8. The normalized spacial score (nSPS) is 19.8. The van der Waals surface area contributed by atoms with E-state index in [-0.39, 0.29) is 197 Å². The summed E-state index contributed by atoms with van der Waals surface area (Å²) in [6, 6.07) is 36.3.